The quantitative estimate of drug-likeness (QED) is 0.641. The van der Waals surface area contributed by atoms with Gasteiger partial charge in [0.05, 0.1) is 5.56 Å². The summed E-state index contributed by atoms with van der Waals surface area (Å²) in [5.74, 6) is 0. The van der Waals surface area contributed by atoms with Crippen LogP contribution >= 0.6 is 11.6 Å². The van der Waals surface area contributed by atoms with Gasteiger partial charge in [0.25, 0.3) is 0 Å². The fourth-order valence-electron chi connectivity index (χ4n) is 2.94. The molecule has 20 heavy (non-hydrogen) atoms. The summed E-state index contributed by atoms with van der Waals surface area (Å²) in [6.45, 7) is 4.28. The maximum absolute atomic E-state index is 12.9. The van der Waals surface area contributed by atoms with Gasteiger partial charge in [0.15, 0.2) is 0 Å². The molecule has 0 saturated heterocycles. The summed E-state index contributed by atoms with van der Waals surface area (Å²) >= 11 is 6.23. The molecule has 0 aromatic heterocycles. The topological polar surface area (TPSA) is 0 Å². The predicted molar refractivity (Wildman–Crippen MR) is 78.6 cm³/mol. The van der Waals surface area contributed by atoms with E-state index in [9.17, 15) is 13.2 Å². The van der Waals surface area contributed by atoms with Gasteiger partial charge in [0.2, 0.25) is 0 Å². The highest BCUT2D eigenvalue weighted by Gasteiger charge is 2.40. The molecule has 0 N–H and O–H groups in total. The van der Waals surface area contributed by atoms with E-state index in [1.54, 1.807) is 12.1 Å². The third-order valence-electron chi connectivity index (χ3n) is 3.98. The Balaban J connectivity index is 2.34. The van der Waals surface area contributed by atoms with Gasteiger partial charge in [-0.2, -0.15) is 13.2 Å². The zero-order valence-electron chi connectivity index (χ0n) is 11.0. The lowest BCUT2D eigenvalue weighted by Crippen LogP contribution is -2.49. The van der Waals surface area contributed by atoms with Gasteiger partial charge < -0.3 is 0 Å². The van der Waals surface area contributed by atoms with Crippen LogP contribution in [0.4, 0.5) is 13.2 Å². The zero-order chi connectivity index (χ0) is 14.7. The van der Waals surface area contributed by atoms with Gasteiger partial charge in [-0.1, -0.05) is 49.0 Å². The molecule has 104 valence electrons. The highest BCUT2D eigenvalue weighted by atomic mass is 35.5. The fraction of sp³-hybridized carbons (Fsp3) is 0.200. The van der Waals surface area contributed by atoms with Gasteiger partial charge in [0.1, 0.15) is 8.07 Å². The molecule has 0 amide bonds. The van der Waals surface area contributed by atoms with Gasteiger partial charge in [-0.25, -0.2) is 0 Å². The van der Waals surface area contributed by atoms with Crippen molar-refractivity contribution in [3.05, 3.63) is 47.0 Å². The second kappa shape index (κ2) is 4.12. The second-order valence-corrected chi connectivity index (χ2v) is 10.3. The molecule has 2 aromatic rings. The molecule has 2 aromatic carbocycles. The van der Waals surface area contributed by atoms with E-state index in [1.165, 1.54) is 12.1 Å². The van der Waals surface area contributed by atoms with E-state index in [0.717, 1.165) is 15.9 Å². The summed E-state index contributed by atoms with van der Waals surface area (Å²) in [4.78, 5) is 0. The zero-order valence-corrected chi connectivity index (χ0v) is 12.7. The van der Waals surface area contributed by atoms with E-state index < -0.39 is 19.8 Å². The van der Waals surface area contributed by atoms with Gasteiger partial charge in [-0.15, -0.1) is 0 Å². The third kappa shape index (κ3) is 1.82. The Kier molecular flexibility index (Phi) is 2.82. The Bertz CT molecular complexity index is 705. The average molecular weight is 313 g/mol. The van der Waals surface area contributed by atoms with Gasteiger partial charge in [-0.05, 0) is 33.6 Å². The summed E-state index contributed by atoms with van der Waals surface area (Å²) in [6, 6.07) is 9.63. The maximum atomic E-state index is 12.9. The van der Waals surface area contributed by atoms with Crippen LogP contribution in [0.2, 0.25) is 18.1 Å². The Morgan fingerprint density at radius 3 is 2.35 bits per heavy atom. The normalized spacial score (nSPS) is 15.9. The molecule has 0 saturated carbocycles. The monoisotopic (exact) mass is 312 g/mol. The lowest BCUT2D eigenvalue weighted by molar-refractivity contribution is -0.137. The first-order valence-electron chi connectivity index (χ1n) is 6.24. The number of hydrogen-bond acceptors (Lipinski definition) is 0. The lowest BCUT2D eigenvalue weighted by Gasteiger charge is -2.19. The van der Waals surface area contributed by atoms with E-state index in [1.807, 2.05) is 12.1 Å². The Morgan fingerprint density at radius 2 is 1.70 bits per heavy atom. The Morgan fingerprint density at radius 1 is 1.00 bits per heavy atom. The molecule has 1 aliphatic heterocycles. The van der Waals surface area contributed by atoms with Crippen molar-refractivity contribution in [3.8, 4) is 11.1 Å². The number of benzene rings is 2. The van der Waals surface area contributed by atoms with E-state index in [0.29, 0.717) is 10.6 Å². The van der Waals surface area contributed by atoms with E-state index in [2.05, 4.69) is 13.1 Å². The summed E-state index contributed by atoms with van der Waals surface area (Å²) < 4.78 is 38.7. The van der Waals surface area contributed by atoms with E-state index in [-0.39, 0.29) is 0 Å². The van der Waals surface area contributed by atoms with Crippen LogP contribution in [0, 0.1) is 0 Å². The molecule has 3 rings (SSSR count). The summed E-state index contributed by atoms with van der Waals surface area (Å²) in [5.41, 5.74) is 0.817. The molecule has 0 radical (unpaired) electrons. The molecule has 0 atom stereocenters. The molecule has 0 fully saturated rings. The number of hydrogen-bond donors (Lipinski definition) is 0. The fourth-order valence-corrected chi connectivity index (χ4v) is 6.36. The smallest absolute Gasteiger partial charge is 0.166 e. The van der Waals surface area contributed by atoms with Crippen molar-refractivity contribution in [2.24, 2.45) is 0 Å². The molecule has 1 aliphatic rings. The summed E-state index contributed by atoms with van der Waals surface area (Å²) in [6.07, 6.45) is -4.33. The lowest BCUT2D eigenvalue weighted by atomic mass is 10.0. The first-order chi connectivity index (χ1) is 9.23. The van der Waals surface area contributed by atoms with Crippen LogP contribution in [0.3, 0.4) is 0 Å². The molecule has 0 unspecified atom stereocenters. The molecule has 0 bridgehead atoms. The van der Waals surface area contributed by atoms with Crippen molar-refractivity contribution in [2.45, 2.75) is 19.3 Å². The SMILES string of the molecule is C[Si]1(C)c2ccc(C(F)(F)F)cc2-c2c(Cl)cccc21. The van der Waals surface area contributed by atoms with Crippen molar-refractivity contribution >= 4 is 30.0 Å². The van der Waals surface area contributed by atoms with Crippen molar-refractivity contribution < 1.29 is 13.2 Å². The molecule has 0 nitrogen and oxygen atoms in total. The van der Waals surface area contributed by atoms with Crippen LogP contribution in [0.15, 0.2) is 36.4 Å². The van der Waals surface area contributed by atoms with E-state index in [4.69, 9.17) is 11.6 Å². The minimum Gasteiger partial charge on any atom is -0.166 e. The van der Waals surface area contributed by atoms with Crippen LogP contribution in [-0.2, 0) is 6.18 Å². The highest BCUT2D eigenvalue weighted by Crippen LogP contribution is 2.37. The number of halogens is 4. The second-order valence-electron chi connectivity index (χ2n) is 5.55. The molecule has 0 aliphatic carbocycles. The standard InChI is InChI=1S/C15H12ClF3Si/c1-20(2)12-7-6-9(15(17,18)19)8-10(12)14-11(16)4-3-5-13(14)20/h3-8H,1-2H3. The largest absolute Gasteiger partial charge is 0.416 e. The average Bonchev–Trinajstić information content (AvgIpc) is 2.58. The Labute approximate surface area is 121 Å². The summed E-state index contributed by atoms with van der Waals surface area (Å²) in [7, 11) is -1.95. The molecule has 0 spiro atoms. The maximum Gasteiger partial charge on any atom is 0.416 e. The van der Waals surface area contributed by atoms with Crippen molar-refractivity contribution in [1.82, 2.24) is 0 Å². The van der Waals surface area contributed by atoms with Gasteiger partial charge >= 0.3 is 6.18 Å². The third-order valence-corrected chi connectivity index (χ3v) is 7.84. The first-order valence-corrected chi connectivity index (χ1v) is 9.62. The van der Waals surface area contributed by atoms with Crippen molar-refractivity contribution in [3.63, 3.8) is 0 Å². The molecule has 5 heteroatoms. The minimum absolute atomic E-state index is 0.529. The van der Waals surface area contributed by atoms with Gasteiger partial charge in [-0.3, -0.25) is 0 Å². The van der Waals surface area contributed by atoms with Gasteiger partial charge in [0, 0.05) is 5.02 Å². The molecular formula is C15H12ClF3Si. The van der Waals surface area contributed by atoms with Crippen LogP contribution in [0.5, 0.6) is 0 Å². The van der Waals surface area contributed by atoms with E-state index >= 15 is 0 Å². The van der Waals surface area contributed by atoms with Crippen molar-refractivity contribution in [2.75, 3.05) is 0 Å². The molecule has 1 heterocycles. The van der Waals surface area contributed by atoms with Crippen molar-refractivity contribution in [1.29, 1.82) is 0 Å². The highest BCUT2D eigenvalue weighted by molar-refractivity contribution is 7.04. The number of fused-ring (bicyclic) bond motifs is 3. The van der Waals surface area contributed by atoms with Crippen LogP contribution in [0.25, 0.3) is 11.1 Å². The predicted octanol–water partition coefficient (Wildman–Crippen LogP) is 4.16. The van der Waals surface area contributed by atoms with Crippen LogP contribution in [-0.4, -0.2) is 8.07 Å². The number of rotatable bonds is 0. The van der Waals surface area contributed by atoms with Crippen LogP contribution in [0.1, 0.15) is 5.56 Å². The Hall–Kier alpha value is -1.26. The number of alkyl halides is 3. The van der Waals surface area contributed by atoms with Crippen LogP contribution < -0.4 is 10.4 Å². The first kappa shape index (κ1) is 13.7. The molecular weight excluding hydrogens is 301 g/mol. The summed E-state index contributed by atoms with van der Waals surface area (Å²) in [5, 5.41) is 2.66. The minimum atomic E-state index is -4.33.